The lowest BCUT2D eigenvalue weighted by molar-refractivity contribution is -0.143. The molecule has 6 heteroatoms. The van der Waals surface area contributed by atoms with Crippen molar-refractivity contribution >= 4 is 17.7 Å². The number of hydrogen-bond donors (Lipinski definition) is 2. The van der Waals surface area contributed by atoms with Crippen LogP contribution in [0.3, 0.4) is 0 Å². The van der Waals surface area contributed by atoms with Gasteiger partial charge in [-0.15, -0.1) is 0 Å². The Morgan fingerprint density at radius 2 is 1.81 bits per heavy atom. The topological polar surface area (TPSA) is 106 Å². The predicted molar refractivity (Wildman–Crippen MR) is 79.8 cm³/mol. The minimum Gasteiger partial charge on any atom is -0.370 e. The standard InChI is InChI=1S/C15H27N3O3/c1-9(2)5-15(6-12(16)19)11(10(3)4)7-18(14(15)21)8-13(17)20/h9-11H,5-8H2,1-4H3,(H2,16,19)(H2,17,20). The number of primary amides is 2. The van der Waals surface area contributed by atoms with Gasteiger partial charge in [-0.05, 0) is 24.2 Å². The van der Waals surface area contributed by atoms with Gasteiger partial charge >= 0.3 is 0 Å². The Hall–Kier alpha value is -1.59. The van der Waals surface area contributed by atoms with Crippen molar-refractivity contribution in [3.63, 3.8) is 0 Å². The van der Waals surface area contributed by atoms with Crippen LogP contribution < -0.4 is 11.5 Å². The van der Waals surface area contributed by atoms with E-state index in [1.165, 1.54) is 4.90 Å². The molecule has 1 heterocycles. The summed E-state index contributed by atoms with van der Waals surface area (Å²) in [6.07, 6.45) is 0.620. The highest BCUT2D eigenvalue weighted by atomic mass is 16.2. The van der Waals surface area contributed by atoms with E-state index in [0.717, 1.165) is 0 Å². The number of amides is 3. The van der Waals surface area contributed by atoms with E-state index in [0.29, 0.717) is 13.0 Å². The average molecular weight is 297 g/mol. The molecule has 0 radical (unpaired) electrons. The van der Waals surface area contributed by atoms with Crippen LogP contribution in [0.25, 0.3) is 0 Å². The SMILES string of the molecule is CC(C)CC1(CC(N)=O)C(=O)N(CC(N)=O)CC1C(C)C. The summed E-state index contributed by atoms with van der Waals surface area (Å²) >= 11 is 0. The molecule has 0 aromatic carbocycles. The summed E-state index contributed by atoms with van der Waals surface area (Å²) in [5.74, 6) is -0.708. The Bertz CT molecular complexity index is 434. The van der Waals surface area contributed by atoms with Gasteiger partial charge in [-0.3, -0.25) is 14.4 Å². The number of rotatable bonds is 7. The zero-order valence-corrected chi connectivity index (χ0v) is 13.4. The monoisotopic (exact) mass is 297 g/mol. The van der Waals surface area contributed by atoms with Gasteiger partial charge in [-0.1, -0.05) is 27.7 Å². The van der Waals surface area contributed by atoms with Gasteiger partial charge in [0, 0.05) is 13.0 Å². The lowest BCUT2D eigenvalue weighted by Gasteiger charge is -2.35. The molecule has 0 aliphatic carbocycles. The molecule has 3 amide bonds. The normalized spacial score (nSPS) is 25.9. The van der Waals surface area contributed by atoms with Gasteiger partial charge in [0.25, 0.3) is 0 Å². The average Bonchev–Trinajstić information content (AvgIpc) is 2.52. The van der Waals surface area contributed by atoms with E-state index < -0.39 is 17.2 Å². The number of carbonyl (C=O) groups is 3. The number of nitrogens with zero attached hydrogens (tertiary/aromatic N) is 1. The molecule has 0 saturated carbocycles. The molecular weight excluding hydrogens is 270 g/mol. The molecule has 1 rings (SSSR count). The minimum atomic E-state index is -0.802. The maximum atomic E-state index is 12.9. The van der Waals surface area contributed by atoms with Crippen LogP contribution in [0.1, 0.15) is 40.5 Å². The number of carbonyl (C=O) groups excluding carboxylic acids is 3. The van der Waals surface area contributed by atoms with Gasteiger partial charge in [0.15, 0.2) is 0 Å². The van der Waals surface area contributed by atoms with Crippen LogP contribution in [0.2, 0.25) is 0 Å². The van der Waals surface area contributed by atoms with Crippen LogP contribution in [0.5, 0.6) is 0 Å². The summed E-state index contributed by atoms with van der Waals surface area (Å²) in [5.41, 5.74) is 9.82. The second-order valence-electron chi connectivity index (χ2n) is 6.90. The Morgan fingerprint density at radius 1 is 1.24 bits per heavy atom. The van der Waals surface area contributed by atoms with Crippen molar-refractivity contribution in [2.45, 2.75) is 40.5 Å². The molecule has 1 aliphatic rings. The summed E-state index contributed by atoms with van der Waals surface area (Å²) in [5, 5.41) is 0. The highest BCUT2D eigenvalue weighted by molar-refractivity contribution is 5.93. The van der Waals surface area contributed by atoms with E-state index in [-0.39, 0.29) is 36.6 Å². The molecule has 0 spiro atoms. The second-order valence-corrected chi connectivity index (χ2v) is 6.90. The zero-order chi connectivity index (χ0) is 16.4. The lowest BCUT2D eigenvalue weighted by atomic mass is 9.66. The van der Waals surface area contributed by atoms with Crippen molar-refractivity contribution in [1.29, 1.82) is 0 Å². The van der Waals surface area contributed by atoms with Crippen molar-refractivity contribution in [1.82, 2.24) is 4.90 Å². The predicted octanol–water partition coefficient (Wildman–Crippen LogP) is 0.494. The number of hydrogen-bond acceptors (Lipinski definition) is 3. The first kappa shape index (κ1) is 17.5. The molecule has 2 atom stereocenters. The van der Waals surface area contributed by atoms with E-state index in [9.17, 15) is 14.4 Å². The molecule has 21 heavy (non-hydrogen) atoms. The highest BCUT2D eigenvalue weighted by Crippen LogP contribution is 2.48. The van der Waals surface area contributed by atoms with Crippen molar-refractivity contribution in [2.24, 2.45) is 34.6 Å². The van der Waals surface area contributed by atoms with E-state index in [1.54, 1.807) is 0 Å². The minimum absolute atomic E-state index is 0.000694. The Morgan fingerprint density at radius 3 is 2.19 bits per heavy atom. The number of nitrogens with two attached hydrogens (primary N) is 2. The molecule has 0 bridgehead atoms. The van der Waals surface area contributed by atoms with Crippen LogP contribution >= 0.6 is 0 Å². The second kappa shape index (κ2) is 6.45. The Balaban J connectivity index is 3.22. The highest BCUT2D eigenvalue weighted by Gasteiger charge is 2.55. The summed E-state index contributed by atoms with van der Waals surface area (Å²) in [6, 6.07) is 0. The fraction of sp³-hybridized carbons (Fsp3) is 0.800. The van der Waals surface area contributed by atoms with Crippen molar-refractivity contribution < 1.29 is 14.4 Å². The van der Waals surface area contributed by atoms with Crippen LogP contribution in [0, 0.1) is 23.2 Å². The van der Waals surface area contributed by atoms with E-state index in [2.05, 4.69) is 0 Å². The first-order chi connectivity index (χ1) is 9.60. The fourth-order valence-corrected chi connectivity index (χ4v) is 3.70. The Kier molecular flexibility index (Phi) is 5.36. The van der Waals surface area contributed by atoms with E-state index in [4.69, 9.17) is 11.5 Å². The summed E-state index contributed by atoms with van der Waals surface area (Å²) < 4.78 is 0. The molecule has 0 aromatic rings. The maximum absolute atomic E-state index is 12.9. The lowest BCUT2D eigenvalue weighted by Crippen LogP contribution is -2.43. The van der Waals surface area contributed by atoms with Gasteiger partial charge in [0.05, 0.1) is 12.0 Å². The first-order valence-electron chi connectivity index (χ1n) is 7.46. The van der Waals surface area contributed by atoms with Crippen molar-refractivity contribution in [3.05, 3.63) is 0 Å². The van der Waals surface area contributed by atoms with Gasteiger partial charge in [-0.25, -0.2) is 0 Å². The molecule has 120 valence electrons. The van der Waals surface area contributed by atoms with Gasteiger partial charge in [0.2, 0.25) is 17.7 Å². The molecule has 6 nitrogen and oxygen atoms in total. The molecule has 2 unspecified atom stereocenters. The third-order valence-corrected chi connectivity index (χ3v) is 4.25. The first-order valence-corrected chi connectivity index (χ1v) is 7.46. The fourth-order valence-electron chi connectivity index (χ4n) is 3.70. The maximum Gasteiger partial charge on any atom is 0.237 e. The summed E-state index contributed by atoms with van der Waals surface area (Å²) in [7, 11) is 0. The largest absolute Gasteiger partial charge is 0.370 e. The molecular formula is C15H27N3O3. The zero-order valence-electron chi connectivity index (χ0n) is 13.4. The van der Waals surface area contributed by atoms with Crippen LogP contribution in [0.15, 0.2) is 0 Å². The van der Waals surface area contributed by atoms with E-state index >= 15 is 0 Å². The van der Waals surface area contributed by atoms with Crippen LogP contribution in [-0.2, 0) is 14.4 Å². The quantitative estimate of drug-likeness (QED) is 0.714. The molecule has 1 aliphatic heterocycles. The van der Waals surface area contributed by atoms with Gasteiger partial charge in [-0.2, -0.15) is 0 Å². The van der Waals surface area contributed by atoms with Crippen molar-refractivity contribution in [3.8, 4) is 0 Å². The molecule has 1 saturated heterocycles. The van der Waals surface area contributed by atoms with E-state index in [1.807, 2.05) is 27.7 Å². The summed E-state index contributed by atoms with van der Waals surface area (Å²) in [4.78, 5) is 37.1. The third-order valence-electron chi connectivity index (χ3n) is 4.25. The smallest absolute Gasteiger partial charge is 0.237 e. The number of likely N-dealkylation sites (tertiary alicyclic amines) is 1. The molecule has 4 N–H and O–H groups in total. The summed E-state index contributed by atoms with van der Waals surface area (Å²) in [6.45, 7) is 8.46. The third kappa shape index (κ3) is 3.74. The van der Waals surface area contributed by atoms with Gasteiger partial charge < -0.3 is 16.4 Å². The van der Waals surface area contributed by atoms with Crippen LogP contribution in [0.4, 0.5) is 0 Å². The van der Waals surface area contributed by atoms with Crippen molar-refractivity contribution in [2.75, 3.05) is 13.1 Å². The van der Waals surface area contributed by atoms with Gasteiger partial charge in [0.1, 0.15) is 0 Å². The van der Waals surface area contributed by atoms with Crippen LogP contribution in [-0.4, -0.2) is 35.7 Å². The molecule has 1 fully saturated rings. The Labute approximate surface area is 126 Å². The molecule has 0 aromatic heterocycles.